The maximum absolute atomic E-state index is 12.2. The van der Waals surface area contributed by atoms with Gasteiger partial charge >= 0.3 is 0 Å². The Kier molecular flexibility index (Phi) is 3.57. The van der Waals surface area contributed by atoms with Crippen molar-refractivity contribution in [2.75, 3.05) is 6.61 Å². The molecule has 1 heterocycles. The Bertz CT molecular complexity index is 671. The van der Waals surface area contributed by atoms with Crippen molar-refractivity contribution in [2.24, 2.45) is 0 Å². The highest BCUT2D eigenvalue weighted by Gasteiger charge is 2.50. The average Bonchev–Trinajstić information content (AvgIpc) is 2.88. The molecule has 21 heavy (non-hydrogen) atoms. The minimum Gasteiger partial charge on any atom is -0.379 e. The Morgan fingerprint density at radius 3 is 1.81 bits per heavy atom. The largest absolute Gasteiger partial charge is 0.379 e. The Balaban J connectivity index is 2.21. The van der Waals surface area contributed by atoms with Gasteiger partial charge in [0.15, 0.2) is 0 Å². The molecule has 1 fully saturated rings. The number of hydrogen-bond acceptors (Lipinski definition) is 4. The van der Waals surface area contributed by atoms with Crippen molar-refractivity contribution in [2.45, 2.75) is 17.3 Å². The van der Waals surface area contributed by atoms with Crippen LogP contribution in [0.2, 0.25) is 0 Å². The third kappa shape index (κ3) is 2.37. The lowest BCUT2D eigenvalue weighted by molar-refractivity contribution is 0.0753. The van der Waals surface area contributed by atoms with Crippen molar-refractivity contribution < 1.29 is 17.7 Å². The van der Waals surface area contributed by atoms with E-state index >= 15 is 0 Å². The van der Waals surface area contributed by atoms with Crippen LogP contribution in [-0.2, 0) is 19.9 Å². The molecular weight excluding hydrogens is 288 g/mol. The topological polar surface area (TPSA) is 63.6 Å². The number of rotatable bonds is 3. The van der Waals surface area contributed by atoms with E-state index in [-0.39, 0.29) is 13.0 Å². The predicted octanol–water partition coefficient (Wildman–Crippen LogP) is 2.04. The summed E-state index contributed by atoms with van der Waals surface area (Å²) in [5, 5.41) is 10.3. The fourth-order valence-corrected chi connectivity index (χ4v) is 4.41. The van der Waals surface area contributed by atoms with Gasteiger partial charge in [0, 0.05) is 0 Å². The van der Waals surface area contributed by atoms with Crippen LogP contribution in [0.15, 0.2) is 60.7 Å². The molecule has 0 radical (unpaired) electrons. The monoisotopic (exact) mass is 304 g/mol. The van der Waals surface area contributed by atoms with Gasteiger partial charge in [0.05, 0.1) is 6.61 Å². The molecule has 0 bridgehead atoms. The Labute approximate surface area is 124 Å². The molecule has 5 heteroatoms. The summed E-state index contributed by atoms with van der Waals surface area (Å²) in [5.74, 6) is 0. The first-order chi connectivity index (χ1) is 10.0. The summed E-state index contributed by atoms with van der Waals surface area (Å²) in [6.07, 6.45) is 0.266. The van der Waals surface area contributed by atoms with Crippen LogP contribution >= 0.6 is 0 Å². The predicted molar refractivity (Wildman–Crippen MR) is 79.2 cm³/mol. The van der Waals surface area contributed by atoms with Gasteiger partial charge in [-0.2, -0.15) is 8.42 Å². The zero-order valence-corrected chi connectivity index (χ0v) is 12.2. The average molecular weight is 304 g/mol. The molecular formula is C16H16O4S. The smallest absolute Gasteiger partial charge is 0.273 e. The van der Waals surface area contributed by atoms with Crippen molar-refractivity contribution >= 4 is 10.1 Å². The minimum atomic E-state index is -3.79. The molecule has 4 nitrogen and oxygen atoms in total. The van der Waals surface area contributed by atoms with E-state index in [1.807, 2.05) is 12.1 Å². The number of benzene rings is 2. The van der Waals surface area contributed by atoms with Crippen LogP contribution in [0, 0.1) is 0 Å². The second-order valence-corrected chi connectivity index (χ2v) is 6.88. The first kappa shape index (κ1) is 14.3. The highest BCUT2D eigenvalue weighted by molar-refractivity contribution is 7.87. The summed E-state index contributed by atoms with van der Waals surface area (Å²) >= 11 is 0. The lowest BCUT2D eigenvalue weighted by Crippen LogP contribution is -2.43. The van der Waals surface area contributed by atoms with Gasteiger partial charge in [-0.15, -0.1) is 0 Å². The van der Waals surface area contributed by atoms with E-state index in [0.29, 0.717) is 11.1 Å². The highest BCUT2D eigenvalue weighted by Crippen LogP contribution is 2.40. The molecule has 1 atom stereocenters. The summed E-state index contributed by atoms with van der Waals surface area (Å²) in [6, 6.07) is 17.7. The summed E-state index contributed by atoms with van der Waals surface area (Å²) in [6.45, 7) is 0.106. The molecule has 110 valence electrons. The molecule has 0 unspecified atom stereocenters. The lowest BCUT2D eigenvalue weighted by atomic mass is 9.82. The second-order valence-electron chi connectivity index (χ2n) is 5.09. The number of hydrogen-bond donors (Lipinski definition) is 1. The maximum Gasteiger partial charge on any atom is 0.273 e. The van der Waals surface area contributed by atoms with E-state index in [1.165, 1.54) is 0 Å². The van der Waals surface area contributed by atoms with E-state index in [0.717, 1.165) is 0 Å². The normalized spacial score (nSPS) is 21.3. The third-order valence-electron chi connectivity index (χ3n) is 3.87. The fourth-order valence-electron chi connectivity index (χ4n) is 2.84. The van der Waals surface area contributed by atoms with E-state index in [2.05, 4.69) is 0 Å². The van der Waals surface area contributed by atoms with Gasteiger partial charge in [-0.3, -0.25) is 4.18 Å². The Morgan fingerprint density at radius 2 is 1.43 bits per heavy atom. The second kappa shape index (κ2) is 5.26. The molecule has 0 amide bonds. The molecule has 0 saturated carbocycles. The van der Waals surface area contributed by atoms with Gasteiger partial charge in [-0.25, -0.2) is 0 Å². The van der Waals surface area contributed by atoms with Crippen LogP contribution in [0.1, 0.15) is 17.5 Å². The van der Waals surface area contributed by atoms with Crippen molar-refractivity contribution in [3.63, 3.8) is 0 Å². The SMILES string of the molecule is O=S1(=O)OCC[C@@H]1C(O)(c1ccccc1)c1ccccc1. The summed E-state index contributed by atoms with van der Waals surface area (Å²) < 4.78 is 29.2. The Morgan fingerprint density at radius 1 is 0.952 bits per heavy atom. The fraction of sp³-hybridized carbons (Fsp3) is 0.250. The van der Waals surface area contributed by atoms with Gasteiger partial charge in [0.25, 0.3) is 10.1 Å². The van der Waals surface area contributed by atoms with Crippen LogP contribution < -0.4 is 0 Å². The first-order valence-electron chi connectivity index (χ1n) is 6.77. The number of aliphatic hydroxyl groups is 1. The van der Waals surface area contributed by atoms with Crippen LogP contribution in [0.3, 0.4) is 0 Å². The molecule has 0 aromatic heterocycles. The molecule has 1 aliphatic rings. The molecule has 1 aliphatic heterocycles. The molecule has 0 aliphatic carbocycles. The van der Waals surface area contributed by atoms with Gasteiger partial charge in [0.2, 0.25) is 0 Å². The third-order valence-corrected chi connectivity index (χ3v) is 5.64. The van der Waals surface area contributed by atoms with E-state index in [4.69, 9.17) is 4.18 Å². The van der Waals surface area contributed by atoms with E-state index in [9.17, 15) is 13.5 Å². The highest BCUT2D eigenvalue weighted by atomic mass is 32.2. The molecule has 0 spiro atoms. The van der Waals surface area contributed by atoms with Crippen LogP contribution in [0.25, 0.3) is 0 Å². The summed E-state index contributed by atoms with van der Waals surface area (Å²) in [7, 11) is -3.79. The molecule has 1 saturated heterocycles. The zero-order valence-electron chi connectivity index (χ0n) is 11.3. The van der Waals surface area contributed by atoms with Gasteiger partial charge < -0.3 is 5.11 Å². The first-order valence-corrected chi connectivity index (χ1v) is 8.24. The van der Waals surface area contributed by atoms with Gasteiger partial charge in [-0.1, -0.05) is 60.7 Å². The lowest BCUT2D eigenvalue weighted by Gasteiger charge is -2.33. The van der Waals surface area contributed by atoms with Crippen LogP contribution in [-0.4, -0.2) is 25.4 Å². The molecule has 3 rings (SSSR count). The van der Waals surface area contributed by atoms with Gasteiger partial charge in [-0.05, 0) is 17.5 Å². The van der Waals surface area contributed by atoms with E-state index in [1.54, 1.807) is 48.5 Å². The Hall–Kier alpha value is -1.69. The maximum atomic E-state index is 12.2. The molecule has 2 aromatic rings. The van der Waals surface area contributed by atoms with Gasteiger partial charge in [0.1, 0.15) is 10.9 Å². The zero-order chi connectivity index (χ0) is 14.9. The summed E-state index contributed by atoms with van der Waals surface area (Å²) in [5.41, 5.74) is -0.511. The van der Waals surface area contributed by atoms with Crippen molar-refractivity contribution in [3.8, 4) is 0 Å². The van der Waals surface area contributed by atoms with Crippen LogP contribution in [0.5, 0.6) is 0 Å². The quantitative estimate of drug-likeness (QED) is 0.881. The molecule has 2 aromatic carbocycles. The van der Waals surface area contributed by atoms with E-state index < -0.39 is 21.0 Å². The molecule has 1 N–H and O–H groups in total. The van der Waals surface area contributed by atoms with Crippen molar-refractivity contribution in [1.82, 2.24) is 0 Å². The summed E-state index contributed by atoms with van der Waals surface area (Å²) in [4.78, 5) is 0. The van der Waals surface area contributed by atoms with Crippen LogP contribution in [0.4, 0.5) is 0 Å². The van der Waals surface area contributed by atoms with Crippen molar-refractivity contribution in [1.29, 1.82) is 0 Å². The standard InChI is InChI=1S/C16H16O4S/c17-16(13-7-3-1-4-8-13,14-9-5-2-6-10-14)15-11-12-20-21(15,18)19/h1-10,15,17H,11-12H2/t15-/m1/s1. The minimum absolute atomic E-state index is 0.106. The van der Waals surface area contributed by atoms with Crippen molar-refractivity contribution in [3.05, 3.63) is 71.8 Å².